The van der Waals surface area contributed by atoms with E-state index in [1.165, 1.54) is 16.9 Å². The van der Waals surface area contributed by atoms with Gasteiger partial charge in [-0.15, -0.1) is 11.3 Å². The average molecular weight is 460 g/mol. The van der Waals surface area contributed by atoms with Gasteiger partial charge in [-0.2, -0.15) is 0 Å². The highest BCUT2D eigenvalue weighted by molar-refractivity contribution is 7.98. The van der Waals surface area contributed by atoms with Crippen LogP contribution in [0.2, 0.25) is 0 Å². The quantitative estimate of drug-likeness (QED) is 0.241. The topological polar surface area (TPSA) is 57.0 Å². The number of rotatable bonds is 5. The number of pyridine rings is 1. The van der Waals surface area contributed by atoms with Gasteiger partial charge in [-0.25, -0.2) is 9.97 Å². The number of fused-ring (bicyclic) bond motifs is 3. The van der Waals surface area contributed by atoms with E-state index < -0.39 is 0 Å². The monoisotopic (exact) mass is 459 g/mol. The Balaban J connectivity index is 1.74. The van der Waals surface area contributed by atoms with E-state index in [1.807, 2.05) is 55.5 Å². The zero-order chi connectivity index (χ0) is 22.2. The number of ether oxygens (including phenoxy) is 1. The van der Waals surface area contributed by atoms with Crippen LogP contribution in [0.25, 0.3) is 26.1 Å². The third-order valence-electron chi connectivity index (χ3n) is 5.30. The molecule has 32 heavy (non-hydrogen) atoms. The van der Waals surface area contributed by atoms with Crippen LogP contribution in [-0.2, 0) is 5.75 Å². The average Bonchev–Trinajstić information content (AvgIpc) is 3.17. The van der Waals surface area contributed by atoms with Gasteiger partial charge in [-0.05, 0) is 55.3 Å². The lowest BCUT2D eigenvalue weighted by molar-refractivity contribution is 0.414. The molecule has 0 aliphatic carbocycles. The fraction of sp³-hybridized carbons (Fsp3) is 0.160. The van der Waals surface area contributed by atoms with Crippen LogP contribution in [0.1, 0.15) is 16.8 Å². The summed E-state index contributed by atoms with van der Waals surface area (Å²) in [6.45, 7) is 4.03. The molecule has 0 amide bonds. The zero-order valence-electron chi connectivity index (χ0n) is 18.0. The highest BCUT2D eigenvalue weighted by Gasteiger charge is 2.19. The normalized spacial score (nSPS) is 11.3. The van der Waals surface area contributed by atoms with E-state index in [4.69, 9.17) is 9.72 Å². The molecule has 160 valence electrons. The highest BCUT2D eigenvalue weighted by atomic mass is 32.2. The van der Waals surface area contributed by atoms with Crippen LogP contribution >= 0.6 is 23.1 Å². The molecular formula is C25H21N3O2S2. The van der Waals surface area contributed by atoms with Crippen molar-refractivity contribution in [2.24, 2.45) is 0 Å². The van der Waals surface area contributed by atoms with Crippen LogP contribution in [0.15, 0.2) is 70.6 Å². The Morgan fingerprint density at radius 3 is 2.50 bits per heavy atom. The molecule has 5 nitrogen and oxygen atoms in total. The first-order chi connectivity index (χ1) is 15.5. The van der Waals surface area contributed by atoms with E-state index in [9.17, 15) is 4.79 Å². The first-order valence-electron chi connectivity index (χ1n) is 10.2. The first kappa shape index (κ1) is 20.7. The predicted molar refractivity (Wildman–Crippen MR) is 133 cm³/mol. The van der Waals surface area contributed by atoms with Gasteiger partial charge >= 0.3 is 0 Å². The predicted octanol–water partition coefficient (Wildman–Crippen LogP) is 5.91. The number of benzene rings is 2. The van der Waals surface area contributed by atoms with E-state index >= 15 is 0 Å². The summed E-state index contributed by atoms with van der Waals surface area (Å²) in [5.41, 5.74) is 4.63. The highest BCUT2D eigenvalue weighted by Crippen LogP contribution is 2.34. The number of thiophene rings is 1. The van der Waals surface area contributed by atoms with Gasteiger partial charge in [0.2, 0.25) is 0 Å². The van der Waals surface area contributed by atoms with Crippen molar-refractivity contribution in [2.45, 2.75) is 24.8 Å². The standard InChI is InChI=1S/C25H21N3O2S2/c1-15-13-16(2)26-23-20(15)21-22(32-23)24(29)28(18-9-11-19(30-3)12-10-18)25(27-21)31-14-17-7-5-4-6-8-17/h4-13H,14H2,1-3H3. The minimum atomic E-state index is -0.0734. The van der Waals surface area contributed by atoms with Crippen LogP contribution in [0.4, 0.5) is 0 Å². The first-order valence-corrected chi connectivity index (χ1v) is 12.0. The summed E-state index contributed by atoms with van der Waals surface area (Å²) in [7, 11) is 1.63. The number of aryl methyl sites for hydroxylation is 2. The van der Waals surface area contributed by atoms with Gasteiger partial charge in [0.25, 0.3) is 5.56 Å². The Morgan fingerprint density at radius 1 is 1.03 bits per heavy atom. The molecule has 0 spiro atoms. The second-order valence-corrected chi connectivity index (χ2v) is 9.49. The fourth-order valence-electron chi connectivity index (χ4n) is 3.79. The Hall–Kier alpha value is -3.16. The van der Waals surface area contributed by atoms with Crippen molar-refractivity contribution in [3.05, 3.63) is 87.8 Å². The van der Waals surface area contributed by atoms with Gasteiger partial charge in [0.1, 0.15) is 15.3 Å². The lowest BCUT2D eigenvalue weighted by Gasteiger charge is -2.13. The summed E-state index contributed by atoms with van der Waals surface area (Å²) < 4.78 is 7.62. The molecule has 0 aliphatic heterocycles. The molecule has 5 aromatic rings. The van der Waals surface area contributed by atoms with Gasteiger partial charge in [0, 0.05) is 16.8 Å². The third-order valence-corrected chi connectivity index (χ3v) is 7.37. The number of nitrogens with zero attached hydrogens (tertiary/aromatic N) is 3. The van der Waals surface area contributed by atoms with Gasteiger partial charge in [-0.1, -0.05) is 42.1 Å². The van der Waals surface area contributed by atoms with E-state index in [0.717, 1.165) is 38.4 Å². The molecule has 0 saturated carbocycles. The molecule has 5 rings (SSSR count). The SMILES string of the molecule is COc1ccc(-n2c(SCc3ccccc3)nc3c(sc4nc(C)cc(C)c43)c2=O)cc1. The number of hydrogen-bond donors (Lipinski definition) is 0. The summed E-state index contributed by atoms with van der Waals surface area (Å²) in [5, 5.41) is 1.63. The third kappa shape index (κ3) is 3.67. The van der Waals surface area contributed by atoms with Crippen LogP contribution in [0.3, 0.4) is 0 Å². The lowest BCUT2D eigenvalue weighted by Crippen LogP contribution is -2.20. The van der Waals surface area contributed by atoms with Gasteiger partial charge in [0.05, 0.1) is 18.3 Å². The molecule has 0 unspecified atom stereocenters. The van der Waals surface area contributed by atoms with Crippen LogP contribution in [-0.4, -0.2) is 21.6 Å². The Labute approximate surface area is 193 Å². The summed E-state index contributed by atoms with van der Waals surface area (Å²) in [4.78, 5) is 24.3. The molecule has 3 aromatic heterocycles. The van der Waals surface area contributed by atoms with E-state index in [-0.39, 0.29) is 5.56 Å². The number of aromatic nitrogens is 3. The fourth-order valence-corrected chi connectivity index (χ4v) is 5.91. The zero-order valence-corrected chi connectivity index (χ0v) is 19.6. The van der Waals surface area contributed by atoms with Crippen molar-refractivity contribution in [1.82, 2.24) is 14.5 Å². The second-order valence-electron chi connectivity index (χ2n) is 7.55. The minimum Gasteiger partial charge on any atom is -0.497 e. The molecule has 0 radical (unpaired) electrons. The van der Waals surface area contributed by atoms with Gasteiger partial charge < -0.3 is 4.74 Å². The lowest BCUT2D eigenvalue weighted by atomic mass is 10.1. The molecule has 7 heteroatoms. The summed E-state index contributed by atoms with van der Waals surface area (Å²) in [6.07, 6.45) is 0. The molecule has 3 heterocycles. The minimum absolute atomic E-state index is 0.0734. The van der Waals surface area contributed by atoms with Gasteiger partial charge in [0.15, 0.2) is 5.16 Å². The number of hydrogen-bond acceptors (Lipinski definition) is 6. The summed E-state index contributed by atoms with van der Waals surface area (Å²) in [5.74, 6) is 1.46. The molecule has 0 saturated heterocycles. The summed E-state index contributed by atoms with van der Waals surface area (Å²) >= 11 is 2.98. The van der Waals surface area contributed by atoms with Crippen LogP contribution < -0.4 is 10.3 Å². The number of methoxy groups -OCH3 is 1. The number of thioether (sulfide) groups is 1. The van der Waals surface area contributed by atoms with Gasteiger partial charge in [-0.3, -0.25) is 9.36 Å². The maximum Gasteiger partial charge on any atom is 0.276 e. The van der Waals surface area contributed by atoms with Crippen molar-refractivity contribution in [3.8, 4) is 11.4 Å². The molecule has 0 bridgehead atoms. The van der Waals surface area contributed by atoms with Crippen molar-refractivity contribution >= 4 is 43.5 Å². The molecule has 0 atom stereocenters. The maximum absolute atomic E-state index is 13.7. The summed E-state index contributed by atoms with van der Waals surface area (Å²) in [6, 6.07) is 19.7. The van der Waals surface area contributed by atoms with Crippen molar-refractivity contribution in [2.75, 3.05) is 7.11 Å². The van der Waals surface area contributed by atoms with E-state index in [0.29, 0.717) is 15.6 Å². The largest absolute Gasteiger partial charge is 0.497 e. The smallest absolute Gasteiger partial charge is 0.276 e. The van der Waals surface area contributed by atoms with Crippen molar-refractivity contribution in [3.63, 3.8) is 0 Å². The molecular weight excluding hydrogens is 438 g/mol. The van der Waals surface area contributed by atoms with Crippen molar-refractivity contribution < 1.29 is 4.74 Å². The Bertz CT molecular complexity index is 1490. The Kier molecular flexibility index (Phi) is 5.45. The molecule has 0 N–H and O–H groups in total. The molecule has 0 fully saturated rings. The second kappa shape index (κ2) is 8.41. The van der Waals surface area contributed by atoms with E-state index in [2.05, 4.69) is 24.0 Å². The van der Waals surface area contributed by atoms with Crippen molar-refractivity contribution in [1.29, 1.82) is 0 Å². The Morgan fingerprint density at radius 2 is 1.78 bits per heavy atom. The van der Waals surface area contributed by atoms with Crippen LogP contribution in [0.5, 0.6) is 5.75 Å². The maximum atomic E-state index is 13.7. The molecule has 0 aliphatic rings. The van der Waals surface area contributed by atoms with E-state index in [1.54, 1.807) is 23.4 Å². The van der Waals surface area contributed by atoms with Crippen LogP contribution in [0, 0.1) is 13.8 Å². The molecule has 2 aromatic carbocycles.